The Morgan fingerprint density at radius 2 is 1.86 bits per heavy atom. The number of likely N-dealkylation sites (N-methyl/N-ethyl adjacent to an activating group) is 1. The van der Waals surface area contributed by atoms with Gasteiger partial charge in [-0.05, 0) is 50.3 Å². The lowest BCUT2D eigenvalue weighted by atomic mass is 9.93. The monoisotopic (exact) mass is 408 g/mol. The number of fused-ring (bicyclic) bond motifs is 1. The minimum atomic E-state index is -4.35. The summed E-state index contributed by atoms with van der Waals surface area (Å²) >= 11 is 0. The van der Waals surface area contributed by atoms with E-state index in [1.165, 1.54) is 12.1 Å². The maximum Gasteiger partial charge on any atom is 0.416 e. The Balaban J connectivity index is 1.80. The van der Waals surface area contributed by atoms with Crippen LogP contribution in [0.25, 0.3) is 0 Å². The molecule has 1 aliphatic heterocycles. The van der Waals surface area contributed by atoms with Crippen molar-refractivity contribution >= 4 is 0 Å². The summed E-state index contributed by atoms with van der Waals surface area (Å²) in [5, 5.41) is 10.8. The zero-order valence-electron chi connectivity index (χ0n) is 17.0. The minimum Gasteiger partial charge on any atom is -0.492 e. The van der Waals surface area contributed by atoms with Gasteiger partial charge in [0.1, 0.15) is 12.4 Å². The third-order valence-electron chi connectivity index (χ3n) is 5.03. The van der Waals surface area contributed by atoms with Crippen molar-refractivity contribution in [3.05, 3.63) is 64.7 Å². The second-order valence-electron chi connectivity index (χ2n) is 8.09. The molecule has 1 unspecified atom stereocenters. The van der Waals surface area contributed by atoms with E-state index in [4.69, 9.17) is 4.74 Å². The summed E-state index contributed by atoms with van der Waals surface area (Å²) in [6, 6.07) is 11.1. The van der Waals surface area contributed by atoms with Gasteiger partial charge >= 0.3 is 6.18 Å². The van der Waals surface area contributed by atoms with Gasteiger partial charge < -0.3 is 14.7 Å². The molecule has 2 aromatic rings. The fourth-order valence-electron chi connectivity index (χ4n) is 3.73. The Hall–Kier alpha value is -2.09. The largest absolute Gasteiger partial charge is 0.492 e. The van der Waals surface area contributed by atoms with Crippen LogP contribution >= 0.6 is 0 Å². The van der Waals surface area contributed by atoms with Gasteiger partial charge in [0.05, 0.1) is 11.2 Å². The summed E-state index contributed by atoms with van der Waals surface area (Å²) in [6.07, 6.45) is -4.35. The lowest BCUT2D eigenvalue weighted by Gasteiger charge is -2.28. The molecule has 4 nitrogen and oxygen atoms in total. The first-order valence-corrected chi connectivity index (χ1v) is 9.56. The molecule has 0 aromatic heterocycles. The van der Waals surface area contributed by atoms with Gasteiger partial charge in [0.15, 0.2) is 0 Å². The van der Waals surface area contributed by atoms with Crippen LogP contribution in [-0.2, 0) is 24.9 Å². The topological polar surface area (TPSA) is 35.9 Å². The van der Waals surface area contributed by atoms with Crippen LogP contribution in [0.1, 0.15) is 29.2 Å². The zero-order chi connectivity index (χ0) is 21.2. The molecular weight excluding hydrogens is 381 g/mol. The molecule has 158 valence electrons. The molecule has 0 spiro atoms. The molecule has 0 radical (unpaired) electrons. The first kappa shape index (κ1) is 21.6. The maximum atomic E-state index is 13.0. The van der Waals surface area contributed by atoms with Gasteiger partial charge in [0, 0.05) is 31.7 Å². The van der Waals surface area contributed by atoms with E-state index >= 15 is 0 Å². The van der Waals surface area contributed by atoms with E-state index in [2.05, 4.69) is 4.90 Å². The van der Waals surface area contributed by atoms with Crippen LogP contribution in [-0.4, -0.2) is 48.7 Å². The quantitative estimate of drug-likeness (QED) is 0.815. The van der Waals surface area contributed by atoms with Gasteiger partial charge in [-0.3, -0.25) is 4.90 Å². The Labute approximate surface area is 169 Å². The van der Waals surface area contributed by atoms with Gasteiger partial charge in [-0.1, -0.05) is 24.3 Å². The number of benzene rings is 2. The molecule has 0 aliphatic carbocycles. The van der Waals surface area contributed by atoms with Gasteiger partial charge in [-0.15, -0.1) is 0 Å². The average molecular weight is 408 g/mol. The second kappa shape index (κ2) is 8.34. The van der Waals surface area contributed by atoms with E-state index in [1.807, 2.05) is 37.2 Å². The Morgan fingerprint density at radius 1 is 1.10 bits per heavy atom. The molecule has 1 atom stereocenters. The van der Waals surface area contributed by atoms with Crippen molar-refractivity contribution in [2.45, 2.75) is 31.8 Å². The molecule has 1 heterocycles. The third kappa shape index (κ3) is 5.50. The summed E-state index contributed by atoms with van der Waals surface area (Å²) < 4.78 is 44.8. The normalized spacial score (nSPS) is 17.4. The first-order valence-electron chi connectivity index (χ1n) is 9.56. The van der Waals surface area contributed by atoms with Gasteiger partial charge in [-0.25, -0.2) is 0 Å². The Morgan fingerprint density at radius 3 is 2.55 bits per heavy atom. The first-order chi connectivity index (χ1) is 13.5. The fraction of sp³-hybridized carbons (Fsp3) is 0.455. The molecule has 0 saturated carbocycles. The molecule has 0 fully saturated rings. The van der Waals surface area contributed by atoms with E-state index in [0.29, 0.717) is 38.3 Å². The predicted octanol–water partition coefficient (Wildman–Crippen LogP) is 3.87. The SMILES string of the molecule is CN(C)CC(C)(O)c1ccc2c(c1)CN(Cc1cccc(C(F)(F)F)c1)CCO2. The summed E-state index contributed by atoms with van der Waals surface area (Å²) in [5.41, 5.74) is 0.666. The van der Waals surface area contributed by atoms with E-state index in [9.17, 15) is 18.3 Å². The molecule has 0 bridgehead atoms. The highest BCUT2D eigenvalue weighted by Crippen LogP contribution is 2.32. The second-order valence-corrected chi connectivity index (χ2v) is 8.09. The number of hydrogen-bond acceptors (Lipinski definition) is 4. The highest BCUT2D eigenvalue weighted by atomic mass is 19.4. The van der Waals surface area contributed by atoms with Crippen LogP contribution in [0.4, 0.5) is 13.2 Å². The minimum absolute atomic E-state index is 0.394. The van der Waals surface area contributed by atoms with E-state index < -0.39 is 17.3 Å². The molecule has 7 heteroatoms. The number of aliphatic hydroxyl groups is 1. The van der Waals surface area contributed by atoms with Gasteiger partial charge in [0.2, 0.25) is 0 Å². The number of rotatable bonds is 5. The van der Waals surface area contributed by atoms with Crippen molar-refractivity contribution in [2.75, 3.05) is 33.8 Å². The van der Waals surface area contributed by atoms with Crippen molar-refractivity contribution in [3.8, 4) is 5.75 Å². The molecule has 1 aliphatic rings. The Kier molecular flexibility index (Phi) is 6.22. The van der Waals surface area contributed by atoms with Gasteiger partial charge in [-0.2, -0.15) is 13.2 Å². The molecule has 1 N–H and O–H groups in total. The van der Waals surface area contributed by atoms with E-state index in [-0.39, 0.29) is 0 Å². The maximum absolute atomic E-state index is 13.0. The summed E-state index contributed by atoms with van der Waals surface area (Å²) in [4.78, 5) is 3.98. The Bertz CT molecular complexity index is 850. The summed E-state index contributed by atoms with van der Waals surface area (Å²) in [5.74, 6) is 0.751. The van der Waals surface area contributed by atoms with Crippen LogP contribution in [0.3, 0.4) is 0 Å². The van der Waals surface area contributed by atoms with Crippen molar-refractivity contribution in [3.63, 3.8) is 0 Å². The number of nitrogens with zero attached hydrogens (tertiary/aromatic N) is 2. The van der Waals surface area contributed by atoms with Crippen LogP contribution in [0.2, 0.25) is 0 Å². The van der Waals surface area contributed by atoms with E-state index in [1.54, 1.807) is 13.0 Å². The molecule has 0 amide bonds. The number of halogens is 3. The fourth-order valence-corrected chi connectivity index (χ4v) is 3.73. The number of ether oxygens (including phenoxy) is 1. The third-order valence-corrected chi connectivity index (χ3v) is 5.03. The van der Waals surface area contributed by atoms with Crippen LogP contribution in [0, 0.1) is 0 Å². The van der Waals surface area contributed by atoms with E-state index in [0.717, 1.165) is 22.9 Å². The highest BCUT2D eigenvalue weighted by molar-refractivity contribution is 5.40. The van der Waals surface area contributed by atoms with Gasteiger partial charge in [0.25, 0.3) is 0 Å². The van der Waals surface area contributed by atoms with Crippen molar-refractivity contribution < 1.29 is 23.0 Å². The average Bonchev–Trinajstić information content (AvgIpc) is 2.81. The van der Waals surface area contributed by atoms with Crippen molar-refractivity contribution in [1.82, 2.24) is 9.80 Å². The lowest BCUT2D eigenvalue weighted by Crippen LogP contribution is -2.34. The standard InChI is InChI=1S/C22H27F3N2O2/c1-21(28,15-26(2)3)18-7-8-20-17(12-18)14-27(9-10-29-20)13-16-5-4-6-19(11-16)22(23,24)25/h4-8,11-12,28H,9-10,13-15H2,1-3H3. The van der Waals surface area contributed by atoms with Crippen molar-refractivity contribution in [2.24, 2.45) is 0 Å². The van der Waals surface area contributed by atoms with Crippen LogP contribution in [0.15, 0.2) is 42.5 Å². The van der Waals surface area contributed by atoms with Crippen molar-refractivity contribution in [1.29, 1.82) is 0 Å². The smallest absolute Gasteiger partial charge is 0.416 e. The molecule has 3 rings (SSSR count). The summed E-state index contributed by atoms with van der Waals surface area (Å²) in [6.45, 7) is 4.24. The van der Waals surface area contributed by atoms with Crippen LogP contribution in [0.5, 0.6) is 5.75 Å². The molecule has 29 heavy (non-hydrogen) atoms. The summed E-state index contributed by atoms with van der Waals surface area (Å²) in [7, 11) is 3.80. The molecule has 2 aromatic carbocycles. The molecule has 0 saturated heterocycles. The van der Waals surface area contributed by atoms with Crippen LogP contribution < -0.4 is 4.74 Å². The highest BCUT2D eigenvalue weighted by Gasteiger charge is 2.30. The number of hydrogen-bond donors (Lipinski definition) is 1. The lowest BCUT2D eigenvalue weighted by molar-refractivity contribution is -0.137. The molecular formula is C22H27F3N2O2. The number of alkyl halides is 3. The zero-order valence-corrected chi connectivity index (χ0v) is 17.0. The predicted molar refractivity (Wildman–Crippen MR) is 106 cm³/mol.